The summed E-state index contributed by atoms with van der Waals surface area (Å²) in [6.07, 6.45) is 12.6. The van der Waals surface area contributed by atoms with E-state index in [2.05, 4.69) is 58.7 Å². The van der Waals surface area contributed by atoms with E-state index in [-0.39, 0.29) is 0 Å². The quantitative estimate of drug-likeness (QED) is 0.692. The predicted molar refractivity (Wildman–Crippen MR) is 106 cm³/mol. The summed E-state index contributed by atoms with van der Waals surface area (Å²) < 4.78 is 0. The van der Waals surface area contributed by atoms with Gasteiger partial charge in [-0.2, -0.15) is 0 Å². The highest BCUT2D eigenvalue weighted by Crippen LogP contribution is 2.28. The fraction of sp³-hybridized carbons (Fsp3) is 0.333. The summed E-state index contributed by atoms with van der Waals surface area (Å²) in [5.41, 5.74) is 4.42. The number of hydrogen-bond donors (Lipinski definition) is 2. The van der Waals surface area contributed by atoms with Gasteiger partial charge in [0, 0.05) is 58.3 Å². The third-order valence-electron chi connectivity index (χ3n) is 4.49. The molecule has 1 aliphatic rings. The van der Waals surface area contributed by atoms with Crippen LogP contribution in [0.5, 0.6) is 0 Å². The maximum Gasteiger partial charge on any atom is 0.159 e. The molecule has 0 amide bonds. The first-order valence-corrected chi connectivity index (χ1v) is 9.13. The monoisotopic (exact) mass is 334 g/mol. The fourth-order valence-electron chi connectivity index (χ4n) is 3.29. The molecule has 25 heavy (non-hydrogen) atoms. The number of H-pyrrole nitrogens is 1. The number of hydrogen-bond acceptors (Lipinski definition) is 3. The second-order valence-corrected chi connectivity index (χ2v) is 6.13. The van der Waals surface area contributed by atoms with Crippen LogP contribution in [0.25, 0.3) is 27.4 Å². The van der Waals surface area contributed by atoms with Crippen molar-refractivity contribution in [1.82, 2.24) is 20.3 Å². The van der Waals surface area contributed by atoms with E-state index >= 15 is 0 Å². The SMILES string of the molecule is CC.CCCC1C=C(C)C(c2cc3cnc4nccc4c3c[nH]2)=CN1. The van der Waals surface area contributed by atoms with Gasteiger partial charge in [0.15, 0.2) is 5.65 Å². The lowest BCUT2D eigenvalue weighted by atomic mass is 9.96. The number of aromatic amines is 1. The number of pyridine rings is 2. The number of rotatable bonds is 3. The molecule has 3 aromatic heterocycles. The standard InChI is InChI=1S/C19H20N4.C2H6/c1-3-4-14-7-12(2)16(10-21-14)18-8-13-9-23-19-15(5-6-20-19)17(13)11-22-18;1-2/h5-11,14,21-22H,3-4H2,1-2H3;1-2H3. The fourth-order valence-corrected chi connectivity index (χ4v) is 3.29. The normalized spacial score (nSPS) is 16.7. The van der Waals surface area contributed by atoms with E-state index in [1.807, 2.05) is 26.1 Å². The number of dihydropyridines is 1. The Labute approximate surface area is 149 Å². The predicted octanol–water partition coefficient (Wildman–Crippen LogP) is 5.20. The van der Waals surface area contributed by atoms with Crippen LogP contribution in [0.1, 0.15) is 46.2 Å². The van der Waals surface area contributed by atoms with E-state index in [1.165, 1.54) is 17.6 Å². The van der Waals surface area contributed by atoms with Gasteiger partial charge in [-0.15, -0.1) is 0 Å². The molecule has 0 bridgehead atoms. The van der Waals surface area contributed by atoms with Gasteiger partial charge in [-0.1, -0.05) is 33.3 Å². The highest BCUT2D eigenvalue weighted by atomic mass is 14.9. The van der Waals surface area contributed by atoms with Crippen molar-refractivity contribution in [2.75, 3.05) is 0 Å². The van der Waals surface area contributed by atoms with Crippen molar-refractivity contribution in [1.29, 1.82) is 0 Å². The van der Waals surface area contributed by atoms with Crippen LogP contribution in [0.3, 0.4) is 0 Å². The second-order valence-electron chi connectivity index (χ2n) is 6.13. The summed E-state index contributed by atoms with van der Waals surface area (Å²) in [7, 11) is 0. The van der Waals surface area contributed by atoms with Crippen molar-refractivity contribution in [3.8, 4) is 0 Å². The van der Waals surface area contributed by atoms with Gasteiger partial charge < -0.3 is 10.3 Å². The number of fused-ring (bicyclic) bond motifs is 3. The van der Waals surface area contributed by atoms with Gasteiger partial charge in [0.25, 0.3) is 0 Å². The van der Waals surface area contributed by atoms with Crippen molar-refractivity contribution < 1.29 is 0 Å². The maximum absolute atomic E-state index is 4.44. The van der Waals surface area contributed by atoms with Gasteiger partial charge in [-0.25, -0.2) is 9.97 Å². The Morgan fingerprint density at radius 3 is 2.76 bits per heavy atom. The zero-order chi connectivity index (χ0) is 17.8. The van der Waals surface area contributed by atoms with Crippen LogP contribution in [-0.2, 0) is 0 Å². The molecule has 2 N–H and O–H groups in total. The van der Waals surface area contributed by atoms with Crippen LogP contribution < -0.4 is 5.32 Å². The smallest absolute Gasteiger partial charge is 0.159 e. The highest BCUT2D eigenvalue weighted by Gasteiger charge is 2.14. The maximum atomic E-state index is 4.44. The molecule has 0 spiro atoms. The van der Waals surface area contributed by atoms with E-state index in [4.69, 9.17) is 0 Å². The molecule has 4 heterocycles. The first-order valence-electron chi connectivity index (χ1n) is 9.13. The molecule has 0 fully saturated rings. The Kier molecular flexibility index (Phi) is 5.17. The number of nitrogens with one attached hydrogen (secondary N) is 2. The Balaban J connectivity index is 0.000000880. The van der Waals surface area contributed by atoms with Crippen LogP contribution in [0, 0.1) is 0 Å². The van der Waals surface area contributed by atoms with Crippen molar-refractivity contribution >= 4 is 27.4 Å². The second kappa shape index (κ2) is 7.51. The molecule has 1 unspecified atom stereocenters. The minimum Gasteiger partial charge on any atom is -0.384 e. The minimum atomic E-state index is 0.445. The average molecular weight is 334 g/mol. The van der Waals surface area contributed by atoms with Gasteiger partial charge in [0.2, 0.25) is 0 Å². The van der Waals surface area contributed by atoms with Crippen molar-refractivity contribution in [3.05, 3.63) is 54.3 Å². The lowest BCUT2D eigenvalue weighted by Crippen LogP contribution is -2.25. The Hall–Kier alpha value is -2.62. The summed E-state index contributed by atoms with van der Waals surface area (Å²) in [6.45, 7) is 8.39. The Bertz CT molecular complexity index is 933. The number of aromatic nitrogens is 3. The van der Waals surface area contributed by atoms with Crippen LogP contribution in [0.15, 0.2) is 48.6 Å². The van der Waals surface area contributed by atoms with E-state index in [0.717, 1.165) is 33.9 Å². The van der Waals surface area contributed by atoms with Crippen molar-refractivity contribution in [2.45, 2.75) is 46.6 Å². The summed E-state index contributed by atoms with van der Waals surface area (Å²) in [5, 5.41) is 6.87. The summed E-state index contributed by atoms with van der Waals surface area (Å²) in [4.78, 5) is 12.1. The van der Waals surface area contributed by atoms with Crippen LogP contribution in [0.4, 0.5) is 0 Å². The van der Waals surface area contributed by atoms with Crippen LogP contribution in [0.2, 0.25) is 0 Å². The molecule has 0 aliphatic carbocycles. The van der Waals surface area contributed by atoms with Crippen LogP contribution >= 0.6 is 0 Å². The van der Waals surface area contributed by atoms with Gasteiger partial charge in [-0.3, -0.25) is 0 Å². The van der Waals surface area contributed by atoms with E-state index in [1.54, 1.807) is 6.20 Å². The van der Waals surface area contributed by atoms with Crippen molar-refractivity contribution in [3.63, 3.8) is 0 Å². The Morgan fingerprint density at radius 1 is 1.16 bits per heavy atom. The lowest BCUT2D eigenvalue weighted by molar-refractivity contribution is 0.620. The summed E-state index contributed by atoms with van der Waals surface area (Å²) >= 11 is 0. The minimum absolute atomic E-state index is 0.445. The van der Waals surface area contributed by atoms with Gasteiger partial charge in [0.1, 0.15) is 0 Å². The molecule has 4 heteroatoms. The molecule has 0 radical (unpaired) electrons. The first kappa shape index (κ1) is 17.2. The van der Waals surface area contributed by atoms with Gasteiger partial charge in [-0.05, 0) is 31.1 Å². The first-order chi connectivity index (χ1) is 12.3. The van der Waals surface area contributed by atoms with E-state index < -0.39 is 0 Å². The molecule has 0 aromatic carbocycles. The molecule has 0 saturated heterocycles. The zero-order valence-corrected chi connectivity index (χ0v) is 15.4. The van der Waals surface area contributed by atoms with E-state index in [0.29, 0.717) is 6.04 Å². The molecule has 130 valence electrons. The number of nitrogens with zero attached hydrogens (tertiary/aromatic N) is 2. The van der Waals surface area contributed by atoms with Crippen molar-refractivity contribution in [2.24, 2.45) is 0 Å². The summed E-state index contributed by atoms with van der Waals surface area (Å²) in [6, 6.07) is 4.63. The number of allylic oxidation sites excluding steroid dienone is 2. The molecule has 0 saturated carbocycles. The molecular formula is C21H26N4. The van der Waals surface area contributed by atoms with Gasteiger partial charge >= 0.3 is 0 Å². The molecule has 1 aliphatic heterocycles. The third-order valence-corrected chi connectivity index (χ3v) is 4.49. The third kappa shape index (κ3) is 3.29. The molecule has 1 atom stereocenters. The molecular weight excluding hydrogens is 308 g/mol. The molecule has 3 aromatic rings. The zero-order valence-electron chi connectivity index (χ0n) is 15.4. The largest absolute Gasteiger partial charge is 0.384 e. The molecule has 4 nitrogen and oxygen atoms in total. The average Bonchev–Trinajstić information content (AvgIpc) is 3.12. The van der Waals surface area contributed by atoms with Gasteiger partial charge in [0.05, 0.1) is 0 Å². The van der Waals surface area contributed by atoms with E-state index in [9.17, 15) is 0 Å². The topological polar surface area (TPSA) is 53.6 Å². The van der Waals surface area contributed by atoms with Crippen LogP contribution in [-0.4, -0.2) is 21.0 Å². The molecule has 4 rings (SSSR count). The summed E-state index contributed by atoms with van der Waals surface area (Å²) in [5.74, 6) is 0. The lowest BCUT2D eigenvalue weighted by Gasteiger charge is -2.22. The Morgan fingerprint density at radius 2 is 2.00 bits per heavy atom. The highest BCUT2D eigenvalue weighted by molar-refractivity contribution is 6.04.